The van der Waals surface area contributed by atoms with Gasteiger partial charge >= 0.3 is 0 Å². The van der Waals surface area contributed by atoms with Gasteiger partial charge in [-0.05, 0) is 19.1 Å². The van der Waals surface area contributed by atoms with Gasteiger partial charge in [-0.15, -0.1) is 11.3 Å². The van der Waals surface area contributed by atoms with Crippen molar-refractivity contribution in [3.63, 3.8) is 0 Å². The number of hydrogen-bond acceptors (Lipinski definition) is 5. The maximum atomic E-state index is 12.1. The summed E-state index contributed by atoms with van der Waals surface area (Å²) in [5.74, 6) is -0.00420. The molecule has 0 saturated carbocycles. The molecule has 1 aromatic heterocycles. The van der Waals surface area contributed by atoms with Gasteiger partial charge < -0.3 is 15.4 Å². The Morgan fingerprint density at radius 3 is 3.18 bits per heavy atom. The minimum absolute atomic E-state index is 0.00420. The van der Waals surface area contributed by atoms with Crippen molar-refractivity contribution in [1.29, 1.82) is 0 Å². The number of carbonyl (C=O) groups is 1. The molecular formula is C16H19N3O2S. The molecule has 0 radical (unpaired) electrons. The minimum Gasteiger partial charge on any atom is -0.378 e. The molecule has 1 aliphatic heterocycles. The van der Waals surface area contributed by atoms with Gasteiger partial charge in [-0.2, -0.15) is 0 Å². The molecule has 1 saturated heterocycles. The third-order valence-electron chi connectivity index (χ3n) is 3.44. The molecule has 0 bridgehead atoms. The standard InChI is InChI=1S/C16H19N3O2S/c1-11-10-22-16(18-11)12-3-2-4-13(7-12)19-15(20)8-14-9-21-6-5-17-14/h2-4,7,10,14,17H,5-6,8-9H2,1H3,(H,19,20). The number of nitrogens with zero attached hydrogens (tertiary/aromatic N) is 1. The monoisotopic (exact) mass is 317 g/mol. The number of aromatic nitrogens is 1. The molecule has 1 amide bonds. The number of morpholine rings is 1. The maximum absolute atomic E-state index is 12.1. The Labute approximate surface area is 133 Å². The topological polar surface area (TPSA) is 63.2 Å². The van der Waals surface area contributed by atoms with Crippen molar-refractivity contribution in [3.8, 4) is 10.6 Å². The van der Waals surface area contributed by atoms with E-state index in [4.69, 9.17) is 4.74 Å². The highest BCUT2D eigenvalue weighted by Gasteiger charge is 2.17. The Bertz CT molecular complexity index is 650. The van der Waals surface area contributed by atoms with Crippen LogP contribution < -0.4 is 10.6 Å². The zero-order chi connectivity index (χ0) is 15.4. The first-order chi connectivity index (χ1) is 10.7. The van der Waals surface area contributed by atoms with E-state index in [-0.39, 0.29) is 11.9 Å². The number of nitrogens with one attached hydrogen (secondary N) is 2. The number of amides is 1. The van der Waals surface area contributed by atoms with E-state index >= 15 is 0 Å². The fraction of sp³-hybridized carbons (Fsp3) is 0.375. The summed E-state index contributed by atoms with van der Waals surface area (Å²) < 4.78 is 5.36. The summed E-state index contributed by atoms with van der Waals surface area (Å²) in [5.41, 5.74) is 2.83. The second-order valence-electron chi connectivity index (χ2n) is 5.35. The number of thiazole rings is 1. The summed E-state index contributed by atoms with van der Waals surface area (Å²) >= 11 is 1.61. The second kappa shape index (κ2) is 7.00. The first-order valence-corrected chi connectivity index (χ1v) is 8.22. The Balaban J connectivity index is 1.63. The van der Waals surface area contributed by atoms with Crippen molar-refractivity contribution >= 4 is 22.9 Å². The molecule has 1 aliphatic rings. The molecule has 116 valence electrons. The molecule has 22 heavy (non-hydrogen) atoms. The summed E-state index contributed by atoms with van der Waals surface area (Å²) in [6.45, 7) is 4.08. The van der Waals surface area contributed by atoms with E-state index in [9.17, 15) is 4.79 Å². The molecule has 2 N–H and O–H groups in total. The molecule has 5 nitrogen and oxygen atoms in total. The third kappa shape index (κ3) is 3.91. The number of rotatable bonds is 4. The van der Waals surface area contributed by atoms with Crippen molar-refractivity contribution in [3.05, 3.63) is 35.3 Å². The zero-order valence-electron chi connectivity index (χ0n) is 12.5. The number of carbonyl (C=O) groups excluding carboxylic acids is 1. The first kappa shape index (κ1) is 15.1. The van der Waals surface area contributed by atoms with E-state index in [2.05, 4.69) is 15.6 Å². The first-order valence-electron chi connectivity index (χ1n) is 7.34. The third-order valence-corrected chi connectivity index (χ3v) is 4.45. The highest BCUT2D eigenvalue weighted by atomic mass is 32.1. The van der Waals surface area contributed by atoms with Crippen molar-refractivity contribution < 1.29 is 9.53 Å². The summed E-state index contributed by atoms with van der Waals surface area (Å²) in [7, 11) is 0. The van der Waals surface area contributed by atoms with Crippen molar-refractivity contribution in [1.82, 2.24) is 10.3 Å². The Morgan fingerprint density at radius 1 is 1.55 bits per heavy atom. The van der Waals surface area contributed by atoms with Crippen LogP contribution in [0.25, 0.3) is 10.6 Å². The number of hydrogen-bond donors (Lipinski definition) is 2. The summed E-state index contributed by atoms with van der Waals surface area (Å²) in [4.78, 5) is 16.6. The highest BCUT2D eigenvalue weighted by molar-refractivity contribution is 7.13. The van der Waals surface area contributed by atoms with E-state index in [1.165, 1.54) is 0 Å². The van der Waals surface area contributed by atoms with Gasteiger partial charge in [-0.3, -0.25) is 4.79 Å². The lowest BCUT2D eigenvalue weighted by Gasteiger charge is -2.23. The highest BCUT2D eigenvalue weighted by Crippen LogP contribution is 2.25. The van der Waals surface area contributed by atoms with Crippen LogP contribution in [0.4, 0.5) is 5.69 Å². The average Bonchev–Trinajstić information content (AvgIpc) is 2.95. The normalized spacial score (nSPS) is 18.1. The van der Waals surface area contributed by atoms with Gasteiger partial charge in [0.05, 0.1) is 13.2 Å². The van der Waals surface area contributed by atoms with Gasteiger partial charge in [0.1, 0.15) is 5.01 Å². The van der Waals surface area contributed by atoms with Gasteiger partial charge in [0.2, 0.25) is 5.91 Å². The summed E-state index contributed by atoms with van der Waals surface area (Å²) in [6.07, 6.45) is 0.417. The Morgan fingerprint density at radius 2 is 2.45 bits per heavy atom. The van der Waals surface area contributed by atoms with Gasteiger partial charge in [0, 0.05) is 41.3 Å². The predicted octanol–water partition coefficient (Wildman–Crippen LogP) is 2.44. The molecule has 1 atom stereocenters. The van der Waals surface area contributed by atoms with Crippen molar-refractivity contribution in [2.45, 2.75) is 19.4 Å². The quantitative estimate of drug-likeness (QED) is 0.909. The van der Waals surface area contributed by atoms with Gasteiger partial charge in [0.15, 0.2) is 0 Å². The molecule has 1 unspecified atom stereocenters. The van der Waals surface area contributed by atoms with E-state index in [0.717, 1.165) is 28.5 Å². The molecule has 0 spiro atoms. The van der Waals surface area contributed by atoms with Crippen LogP contribution in [-0.4, -0.2) is 36.7 Å². The molecule has 1 aromatic carbocycles. The van der Waals surface area contributed by atoms with E-state index in [0.29, 0.717) is 19.6 Å². The van der Waals surface area contributed by atoms with Crippen LogP contribution in [0.3, 0.4) is 0 Å². The van der Waals surface area contributed by atoms with Crippen LogP contribution >= 0.6 is 11.3 Å². The fourth-order valence-corrected chi connectivity index (χ4v) is 3.20. The Kier molecular flexibility index (Phi) is 4.82. The van der Waals surface area contributed by atoms with Gasteiger partial charge in [-0.1, -0.05) is 12.1 Å². The lowest BCUT2D eigenvalue weighted by Crippen LogP contribution is -2.43. The second-order valence-corrected chi connectivity index (χ2v) is 6.21. The molecule has 2 aromatic rings. The summed E-state index contributed by atoms with van der Waals surface area (Å²) in [5, 5.41) is 9.22. The average molecular weight is 317 g/mol. The van der Waals surface area contributed by atoms with Crippen LogP contribution in [-0.2, 0) is 9.53 Å². The predicted molar refractivity (Wildman–Crippen MR) is 88.1 cm³/mol. The van der Waals surface area contributed by atoms with Crippen LogP contribution in [0.2, 0.25) is 0 Å². The van der Waals surface area contributed by atoms with Crippen molar-refractivity contribution in [2.24, 2.45) is 0 Å². The van der Waals surface area contributed by atoms with Gasteiger partial charge in [0.25, 0.3) is 0 Å². The van der Waals surface area contributed by atoms with Crippen molar-refractivity contribution in [2.75, 3.05) is 25.1 Å². The zero-order valence-corrected chi connectivity index (χ0v) is 13.3. The smallest absolute Gasteiger partial charge is 0.226 e. The van der Waals surface area contributed by atoms with Crippen LogP contribution in [0.1, 0.15) is 12.1 Å². The lowest BCUT2D eigenvalue weighted by molar-refractivity contribution is -0.117. The largest absolute Gasteiger partial charge is 0.378 e. The molecule has 6 heteroatoms. The number of anilines is 1. The summed E-state index contributed by atoms with van der Waals surface area (Å²) in [6, 6.07) is 7.89. The van der Waals surface area contributed by atoms with Crippen LogP contribution in [0, 0.1) is 6.92 Å². The Hall–Kier alpha value is -1.76. The number of aryl methyl sites for hydroxylation is 1. The maximum Gasteiger partial charge on any atom is 0.226 e. The molecular weight excluding hydrogens is 298 g/mol. The van der Waals surface area contributed by atoms with E-state index in [1.54, 1.807) is 11.3 Å². The molecule has 2 heterocycles. The van der Waals surface area contributed by atoms with Gasteiger partial charge in [-0.25, -0.2) is 4.98 Å². The van der Waals surface area contributed by atoms with Crippen LogP contribution in [0.15, 0.2) is 29.6 Å². The molecule has 1 fully saturated rings. The molecule has 0 aliphatic carbocycles. The fourth-order valence-electron chi connectivity index (χ4n) is 2.40. The number of benzene rings is 1. The number of ether oxygens (including phenoxy) is 1. The van der Waals surface area contributed by atoms with Crippen LogP contribution in [0.5, 0.6) is 0 Å². The van der Waals surface area contributed by atoms with E-state index < -0.39 is 0 Å². The molecule has 3 rings (SSSR count). The van der Waals surface area contributed by atoms with E-state index in [1.807, 2.05) is 36.6 Å². The lowest BCUT2D eigenvalue weighted by atomic mass is 10.1. The minimum atomic E-state index is -0.00420. The SMILES string of the molecule is Cc1csc(-c2cccc(NC(=O)CC3COCCN3)c2)n1.